The standard InChI is InChI=1S/C33H49NO2Si/c1-21(2)30-29(31(35)24-17-15-22(3)16-18-24)27(23-13-11-12-14-23)28-25(34-30)19-33(7,8)20-26(28)36-37(9,10)32(4,5)6/h13,15-18,21,26,31,35H,11-12,14,19-20H2,1-10H3/t26-,31+/m0/s1. The lowest BCUT2D eigenvalue weighted by Gasteiger charge is -2.45. The highest BCUT2D eigenvalue weighted by molar-refractivity contribution is 6.74. The molecule has 0 radical (unpaired) electrons. The first-order valence-corrected chi connectivity index (χ1v) is 17.2. The summed E-state index contributed by atoms with van der Waals surface area (Å²) in [6, 6.07) is 8.34. The number of pyridine rings is 1. The summed E-state index contributed by atoms with van der Waals surface area (Å²) in [7, 11) is -2.05. The van der Waals surface area contributed by atoms with Gasteiger partial charge in [0.1, 0.15) is 6.10 Å². The van der Waals surface area contributed by atoms with Crippen LogP contribution in [0, 0.1) is 12.3 Å². The Hall–Kier alpha value is -1.75. The number of rotatable bonds is 6. The van der Waals surface area contributed by atoms with Crippen molar-refractivity contribution < 1.29 is 9.53 Å². The lowest BCUT2D eigenvalue weighted by atomic mass is 9.71. The molecule has 0 unspecified atom stereocenters. The Morgan fingerprint density at radius 2 is 1.76 bits per heavy atom. The Morgan fingerprint density at radius 3 is 2.30 bits per heavy atom. The lowest BCUT2D eigenvalue weighted by Crippen LogP contribution is -2.44. The van der Waals surface area contributed by atoms with E-state index in [1.54, 1.807) is 0 Å². The van der Waals surface area contributed by atoms with E-state index in [0.29, 0.717) is 0 Å². The van der Waals surface area contributed by atoms with Crippen LogP contribution in [0.15, 0.2) is 30.3 Å². The van der Waals surface area contributed by atoms with E-state index in [2.05, 4.69) is 98.8 Å². The molecule has 4 heteroatoms. The van der Waals surface area contributed by atoms with E-state index in [9.17, 15) is 5.11 Å². The number of benzene rings is 1. The third kappa shape index (κ3) is 5.67. The van der Waals surface area contributed by atoms with Crippen LogP contribution in [-0.2, 0) is 10.8 Å². The van der Waals surface area contributed by atoms with Gasteiger partial charge in [-0.2, -0.15) is 0 Å². The van der Waals surface area contributed by atoms with Crippen molar-refractivity contribution in [3.8, 4) is 0 Å². The fourth-order valence-corrected chi connectivity index (χ4v) is 7.07. The fourth-order valence-electron chi connectivity index (χ4n) is 5.80. The molecule has 202 valence electrons. The van der Waals surface area contributed by atoms with Crippen molar-refractivity contribution in [1.29, 1.82) is 0 Å². The molecular formula is C33H49NO2Si. The molecule has 0 saturated heterocycles. The zero-order chi connectivity index (χ0) is 27.3. The maximum Gasteiger partial charge on any atom is 0.192 e. The minimum absolute atomic E-state index is 0.00572. The smallest absolute Gasteiger partial charge is 0.192 e. The number of fused-ring (bicyclic) bond motifs is 1. The highest BCUT2D eigenvalue weighted by Crippen LogP contribution is 2.52. The van der Waals surface area contributed by atoms with E-state index >= 15 is 0 Å². The highest BCUT2D eigenvalue weighted by atomic mass is 28.4. The first-order valence-electron chi connectivity index (χ1n) is 14.3. The number of aryl methyl sites for hydroxylation is 1. The summed E-state index contributed by atoms with van der Waals surface area (Å²) in [4.78, 5) is 5.40. The topological polar surface area (TPSA) is 42.4 Å². The molecule has 1 aromatic carbocycles. The minimum atomic E-state index is -2.05. The second-order valence-corrected chi connectivity index (χ2v) is 18.9. The van der Waals surface area contributed by atoms with Gasteiger partial charge in [0.2, 0.25) is 0 Å². The Kier molecular flexibility index (Phi) is 7.71. The normalized spacial score (nSPS) is 20.6. The van der Waals surface area contributed by atoms with Crippen LogP contribution in [0.1, 0.15) is 131 Å². The van der Waals surface area contributed by atoms with Gasteiger partial charge in [-0.3, -0.25) is 4.98 Å². The van der Waals surface area contributed by atoms with Gasteiger partial charge in [-0.15, -0.1) is 0 Å². The molecule has 0 saturated carbocycles. The van der Waals surface area contributed by atoms with Crippen molar-refractivity contribution in [2.24, 2.45) is 5.41 Å². The predicted molar refractivity (Wildman–Crippen MR) is 159 cm³/mol. The molecule has 0 spiro atoms. The van der Waals surface area contributed by atoms with Crippen molar-refractivity contribution in [1.82, 2.24) is 4.98 Å². The van der Waals surface area contributed by atoms with Crippen LogP contribution in [0.3, 0.4) is 0 Å². The van der Waals surface area contributed by atoms with Crippen LogP contribution in [-0.4, -0.2) is 18.4 Å². The SMILES string of the molecule is Cc1ccc([C@@H](O)c2c(C(C)C)nc3c(c2C2=CCCC2)[C@@H](O[Si](C)(C)C(C)(C)C)CC(C)(C)C3)cc1. The molecule has 4 rings (SSSR count). The van der Waals surface area contributed by atoms with Crippen LogP contribution in [0.25, 0.3) is 5.57 Å². The van der Waals surface area contributed by atoms with Crippen LogP contribution in [0.4, 0.5) is 0 Å². The van der Waals surface area contributed by atoms with Gasteiger partial charge >= 0.3 is 0 Å². The summed E-state index contributed by atoms with van der Waals surface area (Å²) < 4.78 is 7.25. The first kappa shape index (κ1) is 28.3. The van der Waals surface area contributed by atoms with Crippen molar-refractivity contribution in [2.45, 2.75) is 124 Å². The Bertz CT molecular complexity index is 1170. The van der Waals surface area contributed by atoms with Crippen LogP contribution >= 0.6 is 0 Å². The molecule has 2 aliphatic rings. The van der Waals surface area contributed by atoms with Crippen molar-refractivity contribution >= 4 is 13.9 Å². The van der Waals surface area contributed by atoms with Crippen LogP contribution in [0.2, 0.25) is 18.1 Å². The minimum Gasteiger partial charge on any atom is -0.410 e. The second kappa shape index (κ2) is 10.1. The fraction of sp³-hybridized carbons (Fsp3) is 0.606. The molecule has 2 aliphatic carbocycles. The third-order valence-corrected chi connectivity index (χ3v) is 13.4. The number of nitrogens with zero attached hydrogens (tertiary/aromatic N) is 1. The van der Waals surface area contributed by atoms with Gasteiger partial charge < -0.3 is 9.53 Å². The van der Waals surface area contributed by atoms with E-state index in [0.717, 1.165) is 42.5 Å². The molecule has 37 heavy (non-hydrogen) atoms. The third-order valence-electron chi connectivity index (χ3n) is 8.91. The van der Waals surface area contributed by atoms with Gasteiger partial charge in [0.05, 0.1) is 6.10 Å². The zero-order valence-corrected chi connectivity index (χ0v) is 26.0. The van der Waals surface area contributed by atoms with Crippen molar-refractivity contribution in [2.75, 3.05) is 0 Å². The summed E-state index contributed by atoms with van der Waals surface area (Å²) in [6.45, 7) is 22.9. The summed E-state index contributed by atoms with van der Waals surface area (Å²) in [5.41, 5.74) is 9.38. The van der Waals surface area contributed by atoms with E-state index in [4.69, 9.17) is 9.41 Å². The van der Waals surface area contributed by atoms with Crippen molar-refractivity contribution in [3.63, 3.8) is 0 Å². The average Bonchev–Trinajstić information content (AvgIpc) is 3.30. The second-order valence-electron chi connectivity index (χ2n) is 14.1. The van der Waals surface area contributed by atoms with E-state index in [-0.39, 0.29) is 22.5 Å². The Morgan fingerprint density at radius 1 is 1.11 bits per heavy atom. The highest BCUT2D eigenvalue weighted by Gasteiger charge is 2.45. The molecule has 2 aromatic rings. The average molecular weight is 520 g/mol. The molecule has 0 aliphatic heterocycles. The molecule has 2 atom stereocenters. The molecule has 0 bridgehead atoms. The summed E-state index contributed by atoms with van der Waals surface area (Å²) >= 11 is 0. The van der Waals surface area contributed by atoms with E-state index < -0.39 is 14.4 Å². The summed E-state index contributed by atoms with van der Waals surface area (Å²) in [5.74, 6) is 0.214. The van der Waals surface area contributed by atoms with Gasteiger partial charge in [0, 0.05) is 22.5 Å². The van der Waals surface area contributed by atoms with Crippen molar-refractivity contribution in [3.05, 3.63) is 69.5 Å². The summed E-state index contributed by atoms with van der Waals surface area (Å²) in [5, 5.41) is 12.1. The lowest BCUT2D eigenvalue weighted by molar-refractivity contribution is 0.105. The maximum atomic E-state index is 12.0. The number of allylic oxidation sites excluding steroid dienone is 2. The Labute approximate surface area is 226 Å². The van der Waals surface area contributed by atoms with Gasteiger partial charge in [-0.05, 0) is 85.2 Å². The Balaban J connectivity index is 2.02. The van der Waals surface area contributed by atoms with Crippen LogP contribution in [0.5, 0.6) is 0 Å². The largest absolute Gasteiger partial charge is 0.410 e. The number of aliphatic hydroxyl groups excluding tert-OH is 1. The number of hydrogen-bond acceptors (Lipinski definition) is 3. The number of hydrogen-bond donors (Lipinski definition) is 1. The van der Waals surface area contributed by atoms with Gasteiger partial charge in [-0.1, -0.05) is 84.4 Å². The molecule has 1 heterocycles. The van der Waals surface area contributed by atoms with Gasteiger partial charge in [0.15, 0.2) is 8.32 Å². The first-order chi connectivity index (χ1) is 17.1. The van der Waals surface area contributed by atoms with Gasteiger partial charge in [-0.25, -0.2) is 0 Å². The predicted octanol–water partition coefficient (Wildman–Crippen LogP) is 9.20. The van der Waals surface area contributed by atoms with E-state index in [1.807, 2.05) is 0 Å². The molecule has 1 aromatic heterocycles. The molecular weight excluding hydrogens is 470 g/mol. The maximum absolute atomic E-state index is 12.0. The monoisotopic (exact) mass is 519 g/mol. The van der Waals surface area contributed by atoms with Gasteiger partial charge in [0.25, 0.3) is 0 Å². The molecule has 0 fully saturated rings. The quantitative estimate of drug-likeness (QED) is 0.387. The van der Waals surface area contributed by atoms with E-state index in [1.165, 1.54) is 34.4 Å². The van der Waals surface area contributed by atoms with Crippen LogP contribution < -0.4 is 0 Å². The number of aliphatic hydroxyl groups is 1. The molecule has 0 amide bonds. The number of aromatic nitrogens is 1. The molecule has 1 N–H and O–H groups in total. The zero-order valence-electron chi connectivity index (χ0n) is 25.0. The molecule has 3 nitrogen and oxygen atoms in total. The summed E-state index contributed by atoms with van der Waals surface area (Å²) in [6.07, 6.45) is 6.94.